The van der Waals surface area contributed by atoms with Gasteiger partial charge in [0.15, 0.2) is 5.82 Å². The fourth-order valence-corrected chi connectivity index (χ4v) is 5.23. The maximum atomic E-state index is 5.57. The minimum absolute atomic E-state index is 0.771. The van der Waals surface area contributed by atoms with E-state index in [9.17, 15) is 0 Å². The van der Waals surface area contributed by atoms with Gasteiger partial charge in [-0.2, -0.15) is 0 Å². The van der Waals surface area contributed by atoms with Crippen LogP contribution >= 0.6 is 11.3 Å². The van der Waals surface area contributed by atoms with Crippen molar-refractivity contribution in [2.24, 2.45) is 0 Å². The second kappa shape index (κ2) is 7.41. The van der Waals surface area contributed by atoms with Crippen molar-refractivity contribution < 1.29 is 4.74 Å². The number of hydrogen-bond donors (Lipinski definition) is 0. The van der Waals surface area contributed by atoms with Gasteiger partial charge in [0.05, 0.1) is 18.6 Å². The standard InChI is InChI=1S/C22H23N3OS/c1-2-6-16(7-3-1)10-11-19-23-21(25-12-14-26-15-13-25)20-17-8-4-5-9-18(17)27-22(20)24-19/h1-3,6-7,10-11H,4-5,8-9,12-15H2. The zero-order valence-electron chi connectivity index (χ0n) is 15.4. The fourth-order valence-electron chi connectivity index (χ4n) is 3.97. The molecule has 0 spiro atoms. The van der Waals surface area contributed by atoms with Crippen LogP contribution in [0.25, 0.3) is 22.4 Å². The van der Waals surface area contributed by atoms with E-state index in [-0.39, 0.29) is 0 Å². The highest BCUT2D eigenvalue weighted by molar-refractivity contribution is 7.19. The van der Waals surface area contributed by atoms with Gasteiger partial charge in [0.25, 0.3) is 0 Å². The molecule has 4 nitrogen and oxygen atoms in total. The molecule has 2 aliphatic rings. The van der Waals surface area contributed by atoms with Crippen LogP contribution in [-0.4, -0.2) is 36.3 Å². The Hall–Kier alpha value is -2.24. The average Bonchev–Trinajstić information content (AvgIpc) is 3.11. The Morgan fingerprint density at radius 1 is 0.963 bits per heavy atom. The smallest absolute Gasteiger partial charge is 0.155 e. The number of thiophene rings is 1. The van der Waals surface area contributed by atoms with E-state index < -0.39 is 0 Å². The minimum Gasteiger partial charge on any atom is -0.378 e. The summed E-state index contributed by atoms with van der Waals surface area (Å²) in [5, 5.41) is 1.30. The topological polar surface area (TPSA) is 38.2 Å². The molecule has 0 amide bonds. The largest absolute Gasteiger partial charge is 0.378 e. The Labute approximate surface area is 163 Å². The number of aryl methyl sites for hydroxylation is 2. The number of aromatic nitrogens is 2. The van der Waals surface area contributed by atoms with Crippen molar-refractivity contribution in [2.45, 2.75) is 25.7 Å². The molecule has 1 aromatic carbocycles. The molecule has 0 radical (unpaired) electrons. The Morgan fingerprint density at radius 2 is 1.78 bits per heavy atom. The lowest BCUT2D eigenvalue weighted by Crippen LogP contribution is -2.37. The zero-order valence-corrected chi connectivity index (χ0v) is 16.2. The SMILES string of the molecule is C(=Cc1nc(N2CCOCC2)c2c3c(sc2n1)CCCC3)c1ccccc1. The highest BCUT2D eigenvalue weighted by Crippen LogP contribution is 2.40. The highest BCUT2D eigenvalue weighted by atomic mass is 32.1. The molecular formula is C22H23N3OS. The number of anilines is 1. The first-order chi connectivity index (χ1) is 13.4. The third kappa shape index (κ3) is 3.37. The first-order valence-corrected chi connectivity index (χ1v) is 10.6. The molecular weight excluding hydrogens is 354 g/mol. The van der Waals surface area contributed by atoms with Crippen molar-refractivity contribution in [1.82, 2.24) is 9.97 Å². The number of ether oxygens (including phenoxy) is 1. The first kappa shape index (κ1) is 16.9. The summed E-state index contributed by atoms with van der Waals surface area (Å²) in [4.78, 5) is 15.0. The molecule has 1 aliphatic heterocycles. The number of nitrogens with zero attached hydrogens (tertiary/aromatic N) is 3. The van der Waals surface area contributed by atoms with E-state index in [4.69, 9.17) is 14.7 Å². The van der Waals surface area contributed by atoms with Gasteiger partial charge in [0, 0.05) is 18.0 Å². The van der Waals surface area contributed by atoms with Crippen LogP contribution in [0.2, 0.25) is 0 Å². The summed E-state index contributed by atoms with van der Waals surface area (Å²) in [6, 6.07) is 10.3. The van der Waals surface area contributed by atoms with Crippen LogP contribution in [-0.2, 0) is 17.6 Å². The summed E-state index contributed by atoms with van der Waals surface area (Å²) < 4.78 is 5.57. The molecule has 0 bridgehead atoms. The van der Waals surface area contributed by atoms with E-state index >= 15 is 0 Å². The van der Waals surface area contributed by atoms with Gasteiger partial charge in [0.1, 0.15) is 10.6 Å². The molecule has 2 aromatic heterocycles. The van der Waals surface area contributed by atoms with Crippen molar-refractivity contribution in [3.63, 3.8) is 0 Å². The van der Waals surface area contributed by atoms with Gasteiger partial charge < -0.3 is 9.64 Å². The van der Waals surface area contributed by atoms with E-state index in [0.717, 1.165) is 49.2 Å². The molecule has 5 rings (SSSR count). The van der Waals surface area contributed by atoms with Crippen molar-refractivity contribution in [3.8, 4) is 0 Å². The normalized spacial score (nSPS) is 17.6. The molecule has 5 heteroatoms. The predicted octanol–water partition coefficient (Wildman–Crippen LogP) is 4.58. The minimum atomic E-state index is 0.771. The molecule has 138 valence electrons. The third-order valence-corrected chi connectivity index (χ3v) is 6.53. The molecule has 0 atom stereocenters. The predicted molar refractivity (Wildman–Crippen MR) is 112 cm³/mol. The van der Waals surface area contributed by atoms with Crippen LogP contribution in [0, 0.1) is 0 Å². The quantitative estimate of drug-likeness (QED) is 0.670. The number of rotatable bonds is 3. The molecule has 27 heavy (non-hydrogen) atoms. The summed E-state index contributed by atoms with van der Waals surface area (Å²) in [5.41, 5.74) is 2.67. The van der Waals surface area contributed by atoms with Gasteiger partial charge in [-0.3, -0.25) is 0 Å². The van der Waals surface area contributed by atoms with Crippen LogP contribution < -0.4 is 4.90 Å². The van der Waals surface area contributed by atoms with Gasteiger partial charge >= 0.3 is 0 Å². The number of morpholine rings is 1. The fraction of sp³-hybridized carbons (Fsp3) is 0.364. The lowest BCUT2D eigenvalue weighted by atomic mass is 9.97. The van der Waals surface area contributed by atoms with Gasteiger partial charge in [-0.1, -0.05) is 36.4 Å². The van der Waals surface area contributed by atoms with E-state index in [2.05, 4.69) is 35.2 Å². The summed E-state index contributed by atoms with van der Waals surface area (Å²) in [6.07, 6.45) is 9.05. The second-order valence-electron chi connectivity index (χ2n) is 7.14. The van der Waals surface area contributed by atoms with E-state index in [1.165, 1.54) is 40.7 Å². The van der Waals surface area contributed by atoms with Crippen LogP contribution in [0.15, 0.2) is 30.3 Å². The molecule has 0 N–H and O–H groups in total. The number of benzene rings is 1. The molecule has 3 heterocycles. The first-order valence-electron chi connectivity index (χ1n) is 9.76. The van der Waals surface area contributed by atoms with Crippen molar-refractivity contribution in [2.75, 3.05) is 31.2 Å². The van der Waals surface area contributed by atoms with Crippen LogP contribution in [0.4, 0.5) is 5.82 Å². The monoisotopic (exact) mass is 377 g/mol. The second-order valence-corrected chi connectivity index (χ2v) is 8.22. The van der Waals surface area contributed by atoms with Crippen LogP contribution in [0.5, 0.6) is 0 Å². The molecule has 3 aromatic rings. The number of fused-ring (bicyclic) bond motifs is 3. The Morgan fingerprint density at radius 3 is 2.63 bits per heavy atom. The Balaban J connectivity index is 1.61. The molecule has 0 unspecified atom stereocenters. The van der Waals surface area contributed by atoms with Crippen LogP contribution in [0.3, 0.4) is 0 Å². The summed E-state index contributed by atoms with van der Waals surface area (Å²) in [5.74, 6) is 1.90. The maximum Gasteiger partial charge on any atom is 0.155 e. The maximum absolute atomic E-state index is 5.57. The van der Waals surface area contributed by atoms with Crippen LogP contribution in [0.1, 0.15) is 34.7 Å². The van der Waals surface area contributed by atoms with Gasteiger partial charge in [0.2, 0.25) is 0 Å². The average molecular weight is 378 g/mol. The lowest BCUT2D eigenvalue weighted by molar-refractivity contribution is 0.122. The van der Waals surface area contributed by atoms with Crippen molar-refractivity contribution in [3.05, 3.63) is 52.2 Å². The zero-order chi connectivity index (χ0) is 18.1. The lowest BCUT2D eigenvalue weighted by Gasteiger charge is -2.29. The van der Waals surface area contributed by atoms with Gasteiger partial charge in [-0.15, -0.1) is 11.3 Å². The van der Waals surface area contributed by atoms with Crippen molar-refractivity contribution >= 4 is 39.5 Å². The highest BCUT2D eigenvalue weighted by Gasteiger charge is 2.24. The van der Waals surface area contributed by atoms with E-state index in [1.807, 2.05) is 23.5 Å². The molecule has 1 fully saturated rings. The summed E-state index contributed by atoms with van der Waals surface area (Å²) in [7, 11) is 0. The van der Waals surface area contributed by atoms with E-state index in [1.54, 1.807) is 0 Å². The molecule has 1 aliphatic carbocycles. The summed E-state index contributed by atoms with van der Waals surface area (Å²) in [6.45, 7) is 3.34. The van der Waals surface area contributed by atoms with Gasteiger partial charge in [-0.05, 0) is 42.9 Å². The Kier molecular flexibility index (Phi) is 4.64. The molecule has 1 saturated heterocycles. The Bertz CT molecular complexity index is 974. The van der Waals surface area contributed by atoms with E-state index in [0.29, 0.717) is 0 Å². The number of hydrogen-bond acceptors (Lipinski definition) is 5. The van der Waals surface area contributed by atoms with Gasteiger partial charge in [-0.25, -0.2) is 9.97 Å². The summed E-state index contributed by atoms with van der Waals surface area (Å²) >= 11 is 1.87. The third-order valence-electron chi connectivity index (χ3n) is 5.35. The molecule has 0 saturated carbocycles. The van der Waals surface area contributed by atoms with Crippen molar-refractivity contribution in [1.29, 1.82) is 0 Å².